The van der Waals surface area contributed by atoms with E-state index in [9.17, 15) is 4.79 Å². The lowest BCUT2D eigenvalue weighted by Gasteiger charge is -2.08. The number of anilines is 1. The number of carbonyl (C=O) groups excluding carboxylic acids is 1. The summed E-state index contributed by atoms with van der Waals surface area (Å²) in [5, 5.41) is 11.9. The van der Waals surface area contributed by atoms with Gasteiger partial charge in [0.2, 0.25) is 0 Å². The molecule has 0 aliphatic carbocycles. The van der Waals surface area contributed by atoms with Crippen LogP contribution in [0.25, 0.3) is 5.69 Å². The average molecular weight is 418 g/mol. The van der Waals surface area contributed by atoms with E-state index >= 15 is 0 Å². The van der Waals surface area contributed by atoms with Crippen molar-refractivity contribution in [2.75, 3.05) is 12.4 Å². The Hall–Kier alpha value is -3.72. The first-order chi connectivity index (χ1) is 14.7. The molecule has 2 aromatic heterocycles. The van der Waals surface area contributed by atoms with Crippen molar-refractivity contribution in [2.24, 2.45) is 0 Å². The molecule has 0 unspecified atom stereocenters. The van der Waals surface area contributed by atoms with Crippen LogP contribution in [-0.4, -0.2) is 38.0 Å². The molecule has 150 valence electrons. The van der Waals surface area contributed by atoms with E-state index in [1.807, 2.05) is 30.3 Å². The fourth-order valence-electron chi connectivity index (χ4n) is 2.74. The third-order valence-corrected chi connectivity index (χ3v) is 5.09. The van der Waals surface area contributed by atoms with Crippen molar-refractivity contribution in [3.63, 3.8) is 0 Å². The fourth-order valence-corrected chi connectivity index (χ4v) is 3.54. The molecule has 0 spiro atoms. The van der Waals surface area contributed by atoms with E-state index in [0.717, 1.165) is 5.69 Å². The molecule has 1 N–H and O–H groups in total. The molecule has 9 heteroatoms. The van der Waals surface area contributed by atoms with Gasteiger partial charge in [-0.05, 0) is 42.5 Å². The van der Waals surface area contributed by atoms with Crippen molar-refractivity contribution < 1.29 is 9.53 Å². The highest BCUT2D eigenvalue weighted by Gasteiger charge is 2.21. The predicted octanol–water partition coefficient (Wildman–Crippen LogP) is 3.61. The quantitative estimate of drug-likeness (QED) is 0.362. The van der Waals surface area contributed by atoms with Crippen LogP contribution in [0.5, 0.6) is 5.75 Å². The van der Waals surface area contributed by atoms with Gasteiger partial charge in [-0.2, -0.15) is 0 Å². The second-order valence-corrected chi connectivity index (χ2v) is 7.08. The number of nitrogens with zero attached hydrogens (tertiary/aromatic N) is 5. The van der Waals surface area contributed by atoms with Gasteiger partial charge in [0.25, 0.3) is 5.91 Å². The summed E-state index contributed by atoms with van der Waals surface area (Å²) in [4.78, 5) is 21.4. The predicted molar refractivity (Wildman–Crippen MR) is 114 cm³/mol. The number of benzene rings is 2. The molecular formula is C21H18N6O2S. The SMILES string of the molecule is COc1ccc(NC(=O)c2nnn(-c3ccccc3)c2CSc2ncccn2)cc1. The third-order valence-electron chi connectivity index (χ3n) is 4.21. The van der Waals surface area contributed by atoms with Crippen molar-refractivity contribution in [3.8, 4) is 11.4 Å². The fraction of sp³-hybridized carbons (Fsp3) is 0.0952. The van der Waals surface area contributed by atoms with Crippen LogP contribution < -0.4 is 10.1 Å². The Balaban J connectivity index is 1.62. The molecular weight excluding hydrogens is 400 g/mol. The maximum Gasteiger partial charge on any atom is 0.278 e. The van der Waals surface area contributed by atoms with Crippen LogP contribution in [-0.2, 0) is 5.75 Å². The van der Waals surface area contributed by atoms with Crippen molar-refractivity contribution in [2.45, 2.75) is 10.9 Å². The summed E-state index contributed by atoms with van der Waals surface area (Å²) in [5.41, 5.74) is 2.36. The average Bonchev–Trinajstić information content (AvgIpc) is 3.23. The van der Waals surface area contributed by atoms with Gasteiger partial charge >= 0.3 is 0 Å². The number of hydrogen-bond acceptors (Lipinski definition) is 7. The normalized spacial score (nSPS) is 10.6. The number of para-hydroxylation sites is 1. The number of thioether (sulfide) groups is 1. The molecule has 0 atom stereocenters. The lowest BCUT2D eigenvalue weighted by atomic mass is 10.2. The van der Waals surface area contributed by atoms with Gasteiger partial charge in [0, 0.05) is 23.8 Å². The molecule has 0 radical (unpaired) electrons. The number of nitrogens with one attached hydrogen (secondary N) is 1. The molecule has 4 rings (SSSR count). The monoisotopic (exact) mass is 418 g/mol. The van der Waals surface area contributed by atoms with Crippen molar-refractivity contribution in [1.82, 2.24) is 25.0 Å². The summed E-state index contributed by atoms with van der Waals surface area (Å²) in [5.74, 6) is 0.798. The summed E-state index contributed by atoms with van der Waals surface area (Å²) in [7, 11) is 1.59. The summed E-state index contributed by atoms with van der Waals surface area (Å²) in [6, 6.07) is 18.4. The summed E-state index contributed by atoms with van der Waals surface area (Å²) >= 11 is 1.41. The number of hydrogen-bond donors (Lipinski definition) is 1. The van der Waals surface area contributed by atoms with Gasteiger partial charge in [-0.1, -0.05) is 35.2 Å². The molecule has 4 aromatic rings. The summed E-state index contributed by atoms with van der Waals surface area (Å²) < 4.78 is 6.82. The van der Waals surface area contributed by atoms with Crippen LogP contribution in [0.3, 0.4) is 0 Å². The number of amides is 1. The van der Waals surface area contributed by atoms with Gasteiger partial charge in [0.15, 0.2) is 10.9 Å². The van der Waals surface area contributed by atoms with Crippen LogP contribution >= 0.6 is 11.8 Å². The Kier molecular flexibility index (Phi) is 6.00. The van der Waals surface area contributed by atoms with Crippen LogP contribution in [0.15, 0.2) is 78.2 Å². The maximum absolute atomic E-state index is 12.9. The molecule has 2 heterocycles. The first kappa shape index (κ1) is 19.6. The highest BCUT2D eigenvalue weighted by molar-refractivity contribution is 7.98. The second-order valence-electron chi connectivity index (χ2n) is 6.13. The Labute approximate surface area is 177 Å². The molecule has 1 amide bonds. The molecule has 0 fully saturated rings. The van der Waals surface area contributed by atoms with Gasteiger partial charge in [0.1, 0.15) is 5.75 Å². The van der Waals surface area contributed by atoms with E-state index in [1.165, 1.54) is 11.8 Å². The van der Waals surface area contributed by atoms with E-state index in [2.05, 4.69) is 25.6 Å². The standard InChI is InChI=1S/C21H18N6O2S/c1-29-17-10-8-15(9-11-17)24-20(28)19-18(14-30-21-22-12-5-13-23-21)27(26-25-19)16-6-3-2-4-7-16/h2-13H,14H2,1H3,(H,24,28). The van der Waals surface area contributed by atoms with Crippen LogP contribution in [0.2, 0.25) is 0 Å². The molecule has 0 bridgehead atoms. The summed E-state index contributed by atoms with van der Waals surface area (Å²) in [6.45, 7) is 0. The van der Waals surface area contributed by atoms with Crippen molar-refractivity contribution in [3.05, 3.63) is 84.4 Å². The van der Waals surface area contributed by atoms with Crippen LogP contribution in [0.4, 0.5) is 5.69 Å². The van der Waals surface area contributed by atoms with Crippen molar-refractivity contribution >= 4 is 23.4 Å². The molecule has 0 aliphatic rings. The first-order valence-electron chi connectivity index (χ1n) is 9.10. The first-order valence-corrected chi connectivity index (χ1v) is 10.1. The second kappa shape index (κ2) is 9.19. The highest BCUT2D eigenvalue weighted by atomic mass is 32.2. The van der Waals surface area contributed by atoms with Gasteiger partial charge in [0.05, 0.1) is 18.5 Å². The minimum Gasteiger partial charge on any atom is -0.497 e. The number of aromatic nitrogens is 5. The number of rotatable bonds is 7. The Morgan fingerprint density at radius 2 is 1.77 bits per heavy atom. The lowest BCUT2D eigenvalue weighted by Crippen LogP contribution is -2.15. The molecule has 30 heavy (non-hydrogen) atoms. The van der Waals surface area contributed by atoms with E-state index in [0.29, 0.717) is 28.0 Å². The third kappa shape index (κ3) is 4.47. The topological polar surface area (TPSA) is 94.8 Å². The zero-order valence-electron chi connectivity index (χ0n) is 16.1. The minimum atomic E-state index is -0.341. The zero-order valence-corrected chi connectivity index (χ0v) is 16.9. The number of methoxy groups -OCH3 is 1. The molecule has 0 aliphatic heterocycles. The van der Waals surface area contributed by atoms with Gasteiger partial charge in [-0.15, -0.1) is 5.10 Å². The zero-order chi connectivity index (χ0) is 20.8. The van der Waals surface area contributed by atoms with Crippen LogP contribution in [0, 0.1) is 0 Å². The Bertz CT molecular complexity index is 1120. The van der Waals surface area contributed by atoms with E-state index in [4.69, 9.17) is 4.74 Å². The minimum absolute atomic E-state index is 0.248. The van der Waals surface area contributed by atoms with E-state index in [-0.39, 0.29) is 11.6 Å². The van der Waals surface area contributed by atoms with Crippen molar-refractivity contribution in [1.29, 1.82) is 0 Å². The van der Waals surface area contributed by atoms with Gasteiger partial charge < -0.3 is 10.1 Å². The molecule has 0 saturated carbocycles. The number of ether oxygens (including phenoxy) is 1. The summed E-state index contributed by atoms with van der Waals surface area (Å²) in [6.07, 6.45) is 3.36. The molecule has 0 saturated heterocycles. The molecule has 8 nitrogen and oxygen atoms in total. The smallest absolute Gasteiger partial charge is 0.278 e. The van der Waals surface area contributed by atoms with E-state index in [1.54, 1.807) is 54.5 Å². The lowest BCUT2D eigenvalue weighted by molar-refractivity contribution is 0.102. The van der Waals surface area contributed by atoms with Gasteiger partial charge in [-0.25, -0.2) is 14.6 Å². The van der Waals surface area contributed by atoms with Gasteiger partial charge in [-0.3, -0.25) is 4.79 Å². The maximum atomic E-state index is 12.9. The Morgan fingerprint density at radius 3 is 2.47 bits per heavy atom. The van der Waals surface area contributed by atoms with Crippen LogP contribution in [0.1, 0.15) is 16.2 Å². The van der Waals surface area contributed by atoms with E-state index < -0.39 is 0 Å². The molecule has 2 aromatic carbocycles. The largest absolute Gasteiger partial charge is 0.497 e. The Morgan fingerprint density at radius 1 is 1.03 bits per heavy atom. The number of carbonyl (C=O) groups is 1. The highest BCUT2D eigenvalue weighted by Crippen LogP contribution is 2.23.